The Kier molecular flexibility index (Phi) is 8.08. The first-order chi connectivity index (χ1) is 18.0. The molecule has 1 aliphatic heterocycles. The summed E-state index contributed by atoms with van der Waals surface area (Å²) in [7, 11) is 0. The van der Waals surface area contributed by atoms with Crippen molar-refractivity contribution in [2.24, 2.45) is 0 Å². The highest BCUT2D eigenvalue weighted by Crippen LogP contribution is 2.35. The van der Waals surface area contributed by atoms with Gasteiger partial charge < -0.3 is 10.1 Å². The van der Waals surface area contributed by atoms with E-state index in [0.717, 1.165) is 28.2 Å². The van der Waals surface area contributed by atoms with Crippen molar-refractivity contribution in [1.29, 1.82) is 0 Å². The molecule has 0 unspecified atom stereocenters. The maximum absolute atomic E-state index is 13.4. The van der Waals surface area contributed by atoms with Crippen LogP contribution in [0.3, 0.4) is 0 Å². The zero-order valence-corrected chi connectivity index (χ0v) is 23.3. The van der Waals surface area contributed by atoms with E-state index in [1.54, 1.807) is 12.1 Å². The fraction of sp³-hybridized carbons (Fsp3) is 0.111. The van der Waals surface area contributed by atoms with Crippen LogP contribution in [-0.4, -0.2) is 30.4 Å². The van der Waals surface area contributed by atoms with Crippen LogP contribution in [0.15, 0.2) is 69.1 Å². The predicted octanol–water partition coefficient (Wildman–Crippen LogP) is 5.65. The molecule has 0 spiro atoms. The molecule has 0 bridgehead atoms. The largest absolute Gasteiger partial charge is 0.482 e. The van der Waals surface area contributed by atoms with Crippen molar-refractivity contribution in [3.05, 3.63) is 91.6 Å². The maximum atomic E-state index is 13.4. The van der Waals surface area contributed by atoms with Crippen molar-refractivity contribution >= 4 is 73.1 Å². The topological polar surface area (TPSA) is 105 Å². The monoisotopic (exact) mass is 643 g/mol. The Labute approximate surface area is 234 Å². The second-order valence-corrected chi connectivity index (χ2v) is 10.2. The van der Waals surface area contributed by atoms with E-state index < -0.39 is 29.6 Å². The zero-order chi connectivity index (χ0) is 27.6. The molecule has 1 fully saturated rings. The number of anilines is 2. The van der Waals surface area contributed by atoms with Crippen LogP contribution in [0.25, 0.3) is 6.08 Å². The number of imide groups is 2. The molecule has 194 valence electrons. The molecule has 8 nitrogen and oxygen atoms in total. The quantitative estimate of drug-likeness (QED) is 0.267. The Bertz CT molecular complexity index is 1510. The van der Waals surface area contributed by atoms with Gasteiger partial charge in [-0.2, -0.15) is 0 Å². The molecule has 0 aromatic heterocycles. The number of hydrogen-bond acceptors (Lipinski definition) is 5. The minimum atomic E-state index is -0.959. The molecule has 0 aliphatic carbocycles. The molecule has 1 heterocycles. The summed E-state index contributed by atoms with van der Waals surface area (Å²) in [6.45, 7) is 3.43. The van der Waals surface area contributed by atoms with Gasteiger partial charge in [0.2, 0.25) is 0 Å². The highest BCUT2D eigenvalue weighted by atomic mass is 79.9. The molecule has 2 N–H and O–H groups in total. The van der Waals surface area contributed by atoms with Crippen LogP contribution in [0.5, 0.6) is 5.75 Å². The molecule has 0 saturated carbocycles. The Balaban J connectivity index is 1.62. The van der Waals surface area contributed by atoms with Gasteiger partial charge in [-0.15, -0.1) is 0 Å². The van der Waals surface area contributed by atoms with Crippen LogP contribution in [0.4, 0.5) is 20.6 Å². The van der Waals surface area contributed by atoms with Gasteiger partial charge in [-0.1, -0.05) is 28.1 Å². The van der Waals surface area contributed by atoms with Crippen molar-refractivity contribution < 1.29 is 28.3 Å². The number of rotatable bonds is 6. The smallest absolute Gasteiger partial charge is 0.335 e. The maximum Gasteiger partial charge on any atom is 0.335 e. The van der Waals surface area contributed by atoms with E-state index in [0.29, 0.717) is 14.6 Å². The lowest BCUT2D eigenvalue weighted by molar-refractivity contribution is -0.122. The van der Waals surface area contributed by atoms with E-state index in [-0.39, 0.29) is 29.2 Å². The summed E-state index contributed by atoms with van der Waals surface area (Å²) >= 11 is 6.76. The van der Waals surface area contributed by atoms with Crippen LogP contribution < -0.4 is 20.3 Å². The van der Waals surface area contributed by atoms with E-state index in [2.05, 4.69) is 42.5 Å². The van der Waals surface area contributed by atoms with Gasteiger partial charge in [0.05, 0.1) is 10.2 Å². The lowest BCUT2D eigenvalue weighted by Crippen LogP contribution is -2.54. The number of amides is 5. The van der Waals surface area contributed by atoms with Gasteiger partial charge in [-0.3, -0.25) is 19.7 Å². The first kappa shape index (κ1) is 27.2. The number of benzene rings is 3. The lowest BCUT2D eigenvalue weighted by Gasteiger charge is -2.26. The van der Waals surface area contributed by atoms with Crippen LogP contribution in [0, 0.1) is 19.7 Å². The van der Waals surface area contributed by atoms with Crippen LogP contribution in [-0.2, 0) is 14.4 Å². The van der Waals surface area contributed by atoms with Crippen molar-refractivity contribution in [3.8, 4) is 5.75 Å². The standard InChI is InChI=1S/C27H20Br2FN3O5/c1-14-3-4-15(2)22(9-14)31-23(34)13-38-24-16(10-17(28)12-21(24)29)11-20-25(35)32-27(37)33(26(20)36)19-7-5-18(30)6-8-19/h3-12H,13H2,1-2H3,(H,31,34)(H,32,35,37)/b20-11+. The van der Waals surface area contributed by atoms with Gasteiger partial charge in [0.1, 0.15) is 17.1 Å². The third-order valence-corrected chi connectivity index (χ3v) is 6.59. The minimum Gasteiger partial charge on any atom is -0.482 e. The average Bonchev–Trinajstić information content (AvgIpc) is 2.84. The molecule has 38 heavy (non-hydrogen) atoms. The molecule has 0 atom stereocenters. The Morgan fingerprint density at radius 1 is 1.05 bits per heavy atom. The van der Waals surface area contributed by atoms with Gasteiger partial charge in [0.25, 0.3) is 17.7 Å². The number of carbonyl (C=O) groups is 4. The highest BCUT2D eigenvalue weighted by Gasteiger charge is 2.37. The number of carbonyl (C=O) groups excluding carboxylic acids is 4. The molecule has 5 amide bonds. The number of ether oxygens (including phenoxy) is 1. The predicted molar refractivity (Wildman–Crippen MR) is 147 cm³/mol. The third kappa shape index (κ3) is 6.00. The molecule has 1 saturated heterocycles. The SMILES string of the molecule is Cc1ccc(C)c(NC(=O)COc2c(Br)cc(Br)cc2/C=C2\C(=O)NC(=O)N(c3ccc(F)cc3)C2=O)c1. The number of hydrogen-bond donors (Lipinski definition) is 2. The van der Waals surface area contributed by atoms with Crippen LogP contribution in [0.1, 0.15) is 16.7 Å². The number of nitrogens with zero attached hydrogens (tertiary/aromatic N) is 1. The van der Waals surface area contributed by atoms with Crippen molar-refractivity contribution in [2.75, 3.05) is 16.8 Å². The number of urea groups is 1. The summed E-state index contributed by atoms with van der Waals surface area (Å²) in [4.78, 5) is 51.6. The number of nitrogens with one attached hydrogen (secondary N) is 2. The molecule has 0 radical (unpaired) electrons. The fourth-order valence-corrected chi connectivity index (χ4v) is 5.04. The van der Waals surface area contributed by atoms with Gasteiger partial charge in [0, 0.05) is 15.7 Å². The van der Waals surface area contributed by atoms with E-state index in [1.165, 1.54) is 18.2 Å². The summed E-state index contributed by atoms with van der Waals surface area (Å²) in [6, 6.07) is 12.7. The second kappa shape index (κ2) is 11.3. The van der Waals surface area contributed by atoms with Crippen molar-refractivity contribution in [1.82, 2.24) is 5.32 Å². The van der Waals surface area contributed by atoms with E-state index in [9.17, 15) is 23.6 Å². The molecule has 4 rings (SSSR count). The third-order valence-electron chi connectivity index (χ3n) is 5.54. The summed E-state index contributed by atoms with van der Waals surface area (Å²) in [5.74, 6) is -2.57. The first-order valence-electron chi connectivity index (χ1n) is 11.2. The van der Waals surface area contributed by atoms with Crippen molar-refractivity contribution in [2.45, 2.75) is 13.8 Å². The highest BCUT2D eigenvalue weighted by molar-refractivity contribution is 9.11. The Morgan fingerprint density at radius 2 is 1.76 bits per heavy atom. The van der Waals surface area contributed by atoms with Crippen molar-refractivity contribution in [3.63, 3.8) is 0 Å². The molecule has 11 heteroatoms. The summed E-state index contributed by atoms with van der Waals surface area (Å²) in [5.41, 5.74) is 2.55. The summed E-state index contributed by atoms with van der Waals surface area (Å²) < 4.78 is 20.2. The van der Waals surface area contributed by atoms with Gasteiger partial charge in [-0.05, 0) is 89.4 Å². The summed E-state index contributed by atoms with van der Waals surface area (Å²) in [5, 5.41) is 4.92. The number of halogens is 3. The molecule has 3 aromatic rings. The normalized spacial score (nSPS) is 14.5. The molecule has 3 aromatic carbocycles. The fourth-order valence-electron chi connectivity index (χ4n) is 3.67. The Hall–Kier alpha value is -3.83. The average molecular weight is 645 g/mol. The van der Waals surface area contributed by atoms with Crippen LogP contribution >= 0.6 is 31.9 Å². The number of barbiturate groups is 1. The number of aryl methyl sites for hydroxylation is 2. The van der Waals surface area contributed by atoms with Gasteiger partial charge in [0.15, 0.2) is 6.61 Å². The lowest BCUT2D eigenvalue weighted by atomic mass is 10.1. The zero-order valence-electron chi connectivity index (χ0n) is 20.1. The van der Waals surface area contributed by atoms with E-state index in [4.69, 9.17) is 4.74 Å². The van der Waals surface area contributed by atoms with E-state index in [1.807, 2.05) is 32.0 Å². The van der Waals surface area contributed by atoms with E-state index >= 15 is 0 Å². The minimum absolute atomic E-state index is 0.0855. The van der Waals surface area contributed by atoms with Gasteiger partial charge >= 0.3 is 6.03 Å². The molecular formula is C27H20Br2FN3O5. The molecule has 1 aliphatic rings. The van der Waals surface area contributed by atoms with Crippen LogP contribution in [0.2, 0.25) is 0 Å². The van der Waals surface area contributed by atoms with Gasteiger partial charge in [-0.25, -0.2) is 14.1 Å². The molecular weight excluding hydrogens is 625 g/mol. The Morgan fingerprint density at radius 3 is 2.47 bits per heavy atom. The summed E-state index contributed by atoms with van der Waals surface area (Å²) in [6.07, 6.45) is 1.26. The first-order valence-corrected chi connectivity index (χ1v) is 12.8. The second-order valence-electron chi connectivity index (χ2n) is 8.40.